The molecule has 0 saturated carbocycles. The minimum absolute atomic E-state index is 0.150. The van der Waals surface area contributed by atoms with Gasteiger partial charge in [0.05, 0.1) is 6.04 Å². The van der Waals surface area contributed by atoms with Crippen molar-refractivity contribution in [2.75, 3.05) is 5.32 Å². The topological polar surface area (TPSA) is 12.0 Å². The second-order valence-electron chi connectivity index (χ2n) is 5.57. The minimum Gasteiger partial charge on any atom is -0.378 e. The third kappa shape index (κ3) is 4.59. The van der Waals surface area contributed by atoms with Gasteiger partial charge in [-0.2, -0.15) is 0 Å². The summed E-state index contributed by atoms with van der Waals surface area (Å²) in [4.78, 5) is 0. The van der Waals surface area contributed by atoms with E-state index in [0.29, 0.717) is 5.56 Å². The number of halogens is 1. The van der Waals surface area contributed by atoms with Crippen molar-refractivity contribution >= 4 is 5.69 Å². The summed E-state index contributed by atoms with van der Waals surface area (Å²) in [6.07, 6.45) is 4.75. The van der Waals surface area contributed by atoms with Crippen LogP contribution in [0.4, 0.5) is 10.1 Å². The Bertz CT molecular complexity index is 551. The van der Waals surface area contributed by atoms with Crippen LogP contribution >= 0.6 is 0 Å². The predicted molar refractivity (Wildman–Crippen MR) is 88.1 cm³/mol. The number of unbranched alkanes of at least 4 members (excludes halogenated alkanes) is 2. The van der Waals surface area contributed by atoms with Gasteiger partial charge in [-0.15, -0.1) is 0 Å². The van der Waals surface area contributed by atoms with Crippen molar-refractivity contribution in [3.05, 3.63) is 65.5 Å². The number of hydrogen-bond donors (Lipinski definition) is 1. The van der Waals surface area contributed by atoms with Crippen LogP contribution in [-0.4, -0.2) is 0 Å². The van der Waals surface area contributed by atoms with Crippen LogP contribution < -0.4 is 5.32 Å². The molecule has 1 atom stereocenters. The fourth-order valence-electron chi connectivity index (χ4n) is 2.54. The maximum atomic E-state index is 13.4. The fraction of sp³-hybridized carbons (Fsp3) is 0.368. The van der Waals surface area contributed by atoms with E-state index in [1.807, 2.05) is 18.2 Å². The molecule has 1 unspecified atom stereocenters. The van der Waals surface area contributed by atoms with E-state index in [9.17, 15) is 4.39 Å². The molecule has 0 amide bonds. The predicted octanol–water partition coefficient (Wildman–Crippen LogP) is 5.87. The molecule has 1 nitrogen and oxygen atoms in total. The molecule has 0 bridgehead atoms. The van der Waals surface area contributed by atoms with Gasteiger partial charge in [0.1, 0.15) is 5.82 Å². The SMILES string of the molecule is CCCCCC(Nc1ccc(F)c(C)c1)c1ccccc1. The summed E-state index contributed by atoms with van der Waals surface area (Å²) in [7, 11) is 0. The van der Waals surface area contributed by atoms with Gasteiger partial charge in [-0.05, 0) is 42.7 Å². The van der Waals surface area contributed by atoms with Crippen LogP contribution in [0.3, 0.4) is 0 Å². The summed E-state index contributed by atoms with van der Waals surface area (Å²) < 4.78 is 13.4. The van der Waals surface area contributed by atoms with Crippen molar-refractivity contribution in [1.29, 1.82) is 0 Å². The number of rotatable bonds is 7. The molecule has 0 heterocycles. The molecule has 2 aromatic rings. The van der Waals surface area contributed by atoms with Gasteiger partial charge >= 0.3 is 0 Å². The molecular weight excluding hydrogens is 261 g/mol. The van der Waals surface area contributed by atoms with Gasteiger partial charge < -0.3 is 5.32 Å². The Balaban J connectivity index is 2.13. The van der Waals surface area contributed by atoms with Gasteiger partial charge in [0.25, 0.3) is 0 Å². The van der Waals surface area contributed by atoms with Crippen molar-refractivity contribution in [3.63, 3.8) is 0 Å². The van der Waals surface area contributed by atoms with Gasteiger partial charge in [-0.3, -0.25) is 0 Å². The van der Waals surface area contributed by atoms with Crippen molar-refractivity contribution in [1.82, 2.24) is 0 Å². The first kappa shape index (κ1) is 15.6. The lowest BCUT2D eigenvalue weighted by Crippen LogP contribution is -2.11. The van der Waals surface area contributed by atoms with Crippen LogP contribution in [-0.2, 0) is 0 Å². The Kier molecular flexibility index (Phi) is 5.79. The third-order valence-corrected chi connectivity index (χ3v) is 3.80. The lowest BCUT2D eigenvalue weighted by molar-refractivity contribution is 0.604. The molecular formula is C19H24FN. The molecule has 1 N–H and O–H groups in total. The van der Waals surface area contributed by atoms with Crippen molar-refractivity contribution in [2.45, 2.75) is 45.6 Å². The minimum atomic E-state index is -0.150. The molecule has 0 radical (unpaired) electrons. The molecule has 21 heavy (non-hydrogen) atoms. The molecule has 0 aliphatic heterocycles. The molecule has 0 aliphatic rings. The number of aryl methyl sites for hydroxylation is 1. The van der Waals surface area contributed by atoms with E-state index < -0.39 is 0 Å². The lowest BCUT2D eigenvalue weighted by atomic mass is 10.00. The number of benzene rings is 2. The highest BCUT2D eigenvalue weighted by atomic mass is 19.1. The first-order valence-corrected chi connectivity index (χ1v) is 7.78. The summed E-state index contributed by atoms with van der Waals surface area (Å²) in [5.41, 5.74) is 2.95. The monoisotopic (exact) mass is 285 g/mol. The Hall–Kier alpha value is -1.83. The Morgan fingerprint density at radius 2 is 1.81 bits per heavy atom. The number of nitrogens with one attached hydrogen (secondary N) is 1. The first-order valence-electron chi connectivity index (χ1n) is 7.78. The molecule has 2 rings (SSSR count). The summed E-state index contributed by atoms with van der Waals surface area (Å²) in [5, 5.41) is 3.56. The second-order valence-corrected chi connectivity index (χ2v) is 5.57. The summed E-state index contributed by atoms with van der Waals surface area (Å²) in [6.45, 7) is 4.02. The van der Waals surface area contributed by atoms with E-state index in [1.54, 1.807) is 6.92 Å². The highest BCUT2D eigenvalue weighted by Crippen LogP contribution is 2.25. The van der Waals surface area contributed by atoms with E-state index in [1.165, 1.54) is 30.9 Å². The highest BCUT2D eigenvalue weighted by Gasteiger charge is 2.11. The van der Waals surface area contributed by atoms with Crippen molar-refractivity contribution in [2.24, 2.45) is 0 Å². The Labute approximate surface area is 127 Å². The average molecular weight is 285 g/mol. The average Bonchev–Trinajstić information content (AvgIpc) is 2.51. The maximum Gasteiger partial charge on any atom is 0.126 e. The standard InChI is InChI=1S/C19H24FN/c1-3-4-6-11-19(16-9-7-5-8-10-16)21-17-12-13-18(20)15(2)14-17/h5,7-10,12-14,19,21H,3-4,6,11H2,1-2H3. The number of hydrogen-bond acceptors (Lipinski definition) is 1. The molecule has 2 heteroatoms. The van der Waals surface area contributed by atoms with Crippen LogP contribution in [0.5, 0.6) is 0 Å². The smallest absolute Gasteiger partial charge is 0.126 e. The Morgan fingerprint density at radius 1 is 1.05 bits per heavy atom. The highest BCUT2D eigenvalue weighted by molar-refractivity contribution is 5.48. The van der Waals surface area contributed by atoms with Gasteiger partial charge in [-0.25, -0.2) is 4.39 Å². The van der Waals surface area contributed by atoms with Crippen LogP contribution in [0.15, 0.2) is 48.5 Å². The molecule has 2 aromatic carbocycles. The zero-order valence-electron chi connectivity index (χ0n) is 12.9. The van der Waals surface area contributed by atoms with Crippen LogP contribution in [0.25, 0.3) is 0 Å². The van der Waals surface area contributed by atoms with E-state index in [-0.39, 0.29) is 11.9 Å². The Morgan fingerprint density at radius 3 is 2.48 bits per heavy atom. The summed E-state index contributed by atoms with van der Waals surface area (Å²) in [6, 6.07) is 16.0. The van der Waals surface area contributed by atoms with Crippen molar-refractivity contribution in [3.8, 4) is 0 Å². The van der Waals surface area contributed by atoms with Gasteiger partial charge in [-0.1, -0.05) is 56.5 Å². The van der Waals surface area contributed by atoms with Gasteiger partial charge in [0, 0.05) is 5.69 Å². The van der Waals surface area contributed by atoms with Crippen LogP contribution in [0, 0.1) is 12.7 Å². The van der Waals surface area contributed by atoms with E-state index in [4.69, 9.17) is 0 Å². The van der Waals surface area contributed by atoms with E-state index in [0.717, 1.165) is 12.1 Å². The third-order valence-electron chi connectivity index (χ3n) is 3.80. The van der Waals surface area contributed by atoms with E-state index in [2.05, 4.69) is 36.5 Å². The van der Waals surface area contributed by atoms with Gasteiger partial charge in [0.2, 0.25) is 0 Å². The maximum absolute atomic E-state index is 13.4. The molecule has 0 saturated heterocycles. The van der Waals surface area contributed by atoms with Crippen LogP contribution in [0.2, 0.25) is 0 Å². The zero-order chi connectivity index (χ0) is 15.1. The molecule has 0 aliphatic carbocycles. The quantitative estimate of drug-likeness (QED) is 0.627. The largest absolute Gasteiger partial charge is 0.378 e. The lowest BCUT2D eigenvalue weighted by Gasteiger charge is -2.21. The normalized spacial score (nSPS) is 12.1. The van der Waals surface area contributed by atoms with E-state index >= 15 is 0 Å². The fourth-order valence-corrected chi connectivity index (χ4v) is 2.54. The molecule has 0 aromatic heterocycles. The van der Waals surface area contributed by atoms with Gasteiger partial charge in [0.15, 0.2) is 0 Å². The second kappa shape index (κ2) is 7.82. The number of anilines is 1. The van der Waals surface area contributed by atoms with Crippen LogP contribution in [0.1, 0.15) is 49.8 Å². The summed E-state index contributed by atoms with van der Waals surface area (Å²) in [5.74, 6) is -0.150. The first-order chi connectivity index (χ1) is 10.2. The van der Waals surface area contributed by atoms with Crippen molar-refractivity contribution < 1.29 is 4.39 Å². The summed E-state index contributed by atoms with van der Waals surface area (Å²) >= 11 is 0. The zero-order valence-corrected chi connectivity index (χ0v) is 12.9. The molecule has 0 spiro atoms. The molecule has 112 valence electrons. The molecule has 0 fully saturated rings.